The molecule has 0 N–H and O–H groups in total. The summed E-state index contributed by atoms with van der Waals surface area (Å²) in [5, 5.41) is 5.17. The monoisotopic (exact) mass is 661 g/mol. The Morgan fingerprint density at radius 2 is 0.885 bits per heavy atom. The van der Waals surface area contributed by atoms with E-state index in [9.17, 15) is 4.79 Å². The van der Waals surface area contributed by atoms with Crippen LogP contribution in [0.15, 0.2) is 176 Å². The Bertz CT molecular complexity index is 3060. The number of hydrogen-bond acceptors (Lipinski definition) is 1. The van der Waals surface area contributed by atoms with E-state index in [1.807, 2.05) is 24.3 Å². The summed E-state index contributed by atoms with van der Waals surface area (Å²) >= 11 is 0. The van der Waals surface area contributed by atoms with Crippen molar-refractivity contribution in [2.45, 2.75) is 6.42 Å². The van der Waals surface area contributed by atoms with Crippen molar-refractivity contribution in [3.05, 3.63) is 198 Å². The van der Waals surface area contributed by atoms with Gasteiger partial charge in [-0.15, -0.1) is 0 Å². The Balaban J connectivity index is 1.05. The fraction of sp³-hybridized carbons (Fsp3) is 0.0200. The van der Waals surface area contributed by atoms with Crippen molar-refractivity contribution < 1.29 is 4.79 Å². The van der Waals surface area contributed by atoms with Crippen LogP contribution >= 0.6 is 0 Å². The number of aromatic nitrogens is 1. The molecule has 2 heterocycles. The summed E-state index contributed by atoms with van der Waals surface area (Å²) in [6, 6.07) is 63.1. The van der Waals surface area contributed by atoms with Gasteiger partial charge in [0.1, 0.15) is 0 Å². The lowest BCUT2D eigenvalue weighted by molar-refractivity contribution is 0.103. The SMILES string of the molecule is O=C1c2ccccc2Cc2cc(-c3cc(-c4ccccc4)cc(-c4cccc(-c5ccc6c7cccc8c9ccccc9n(c6c5)c87)c4)c3)ccc21. The Labute approximate surface area is 301 Å². The number of benzene rings is 8. The number of para-hydroxylation sites is 2. The molecule has 0 spiro atoms. The summed E-state index contributed by atoms with van der Waals surface area (Å²) in [6.45, 7) is 0. The van der Waals surface area contributed by atoms with Crippen LogP contribution in [0.5, 0.6) is 0 Å². The standard InChI is InChI=1S/C50H31NO/c52-50-41-15-5-4-12-36(41)26-40-25-34(20-22-42(40)50)39-28-37(31-10-2-1-3-11-31)27-38(29-39)33-14-8-13-32(24-33)35-21-23-44-46-18-9-17-45-43-16-6-7-19-47(43)51(49(45)46)48(44)30-35/h1-25,27-30H,26H2. The van der Waals surface area contributed by atoms with Crippen LogP contribution < -0.4 is 0 Å². The molecule has 0 unspecified atom stereocenters. The second-order valence-electron chi connectivity index (χ2n) is 14.1. The fourth-order valence-corrected chi connectivity index (χ4v) is 8.63. The normalized spacial score (nSPS) is 12.6. The van der Waals surface area contributed by atoms with Crippen LogP contribution in [-0.2, 0) is 6.42 Å². The highest BCUT2D eigenvalue weighted by Gasteiger charge is 2.23. The first-order valence-electron chi connectivity index (χ1n) is 17.9. The molecule has 8 aromatic carbocycles. The van der Waals surface area contributed by atoms with Crippen molar-refractivity contribution in [1.82, 2.24) is 4.40 Å². The van der Waals surface area contributed by atoms with Crippen molar-refractivity contribution in [3.63, 3.8) is 0 Å². The van der Waals surface area contributed by atoms with Crippen LogP contribution in [-0.4, -0.2) is 10.2 Å². The highest BCUT2D eigenvalue weighted by Crippen LogP contribution is 2.41. The first-order valence-corrected chi connectivity index (χ1v) is 17.9. The number of rotatable bonds is 4. The predicted molar refractivity (Wildman–Crippen MR) is 216 cm³/mol. The Hall–Kier alpha value is -6.77. The van der Waals surface area contributed by atoms with Gasteiger partial charge in [0, 0.05) is 32.7 Å². The molecule has 1 aliphatic rings. The molecule has 0 atom stereocenters. The van der Waals surface area contributed by atoms with Gasteiger partial charge in [0.15, 0.2) is 5.78 Å². The third kappa shape index (κ3) is 4.34. The summed E-state index contributed by atoms with van der Waals surface area (Å²) in [5.41, 5.74) is 16.9. The molecule has 242 valence electrons. The van der Waals surface area contributed by atoms with Gasteiger partial charge >= 0.3 is 0 Å². The number of carbonyl (C=O) groups is 1. The minimum absolute atomic E-state index is 0.115. The lowest BCUT2D eigenvalue weighted by atomic mass is 9.83. The second-order valence-corrected chi connectivity index (χ2v) is 14.1. The van der Waals surface area contributed by atoms with Crippen LogP contribution in [0.1, 0.15) is 27.0 Å². The quantitative estimate of drug-likeness (QED) is 0.184. The average Bonchev–Trinajstić information content (AvgIpc) is 3.73. The topological polar surface area (TPSA) is 21.5 Å². The van der Waals surface area contributed by atoms with Crippen molar-refractivity contribution in [1.29, 1.82) is 0 Å². The zero-order valence-corrected chi connectivity index (χ0v) is 28.3. The molecule has 52 heavy (non-hydrogen) atoms. The maximum atomic E-state index is 13.4. The fourth-order valence-electron chi connectivity index (χ4n) is 8.63. The van der Waals surface area contributed by atoms with E-state index in [2.05, 4.69) is 156 Å². The minimum Gasteiger partial charge on any atom is -0.308 e. The van der Waals surface area contributed by atoms with E-state index in [0.717, 1.165) is 56.5 Å². The molecule has 0 saturated heterocycles. The Morgan fingerprint density at radius 1 is 0.346 bits per heavy atom. The van der Waals surface area contributed by atoms with Gasteiger partial charge in [-0.1, -0.05) is 140 Å². The number of carbonyl (C=O) groups excluding carboxylic acids is 1. The summed E-state index contributed by atoms with van der Waals surface area (Å²) in [7, 11) is 0. The van der Waals surface area contributed by atoms with E-state index in [1.54, 1.807) is 0 Å². The summed E-state index contributed by atoms with van der Waals surface area (Å²) in [5.74, 6) is 0.115. The van der Waals surface area contributed by atoms with Gasteiger partial charge in [-0.05, 0) is 98.5 Å². The lowest BCUT2D eigenvalue weighted by Crippen LogP contribution is -2.14. The first kappa shape index (κ1) is 29.0. The van der Waals surface area contributed by atoms with Gasteiger partial charge in [-0.25, -0.2) is 0 Å². The first-order chi connectivity index (χ1) is 25.7. The number of fused-ring (bicyclic) bond motifs is 8. The van der Waals surface area contributed by atoms with Crippen LogP contribution in [0, 0.1) is 0 Å². The van der Waals surface area contributed by atoms with E-state index in [-0.39, 0.29) is 5.78 Å². The molecule has 0 radical (unpaired) electrons. The van der Waals surface area contributed by atoms with E-state index in [1.165, 1.54) is 54.8 Å². The van der Waals surface area contributed by atoms with Gasteiger partial charge in [-0.2, -0.15) is 0 Å². The smallest absolute Gasteiger partial charge is 0.193 e. The van der Waals surface area contributed by atoms with Crippen molar-refractivity contribution in [2.75, 3.05) is 0 Å². The molecule has 0 amide bonds. The predicted octanol–water partition coefficient (Wildman–Crippen LogP) is 12.6. The van der Waals surface area contributed by atoms with Crippen molar-refractivity contribution >= 4 is 43.9 Å². The van der Waals surface area contributed by atoms with Gasteiger partial charge in [-0.3, -0.25) is 4.79 Å². The summed E-state index contributed by atoms with van der Waals surface area (Å²) < 4.78 is 2.45. The largest absolute Gasteiger partial charge is 0.308 e. The lowest BCUT2D eigenvalue weighted by Gasteiger charge is -2.19. The molecule has 1 aliphatic carbocycles. The molecular formula is C50H31NO. The van der Waals surface area contributed by atoms with Crippen LogP contribution in [0.25, 0.3) is 82.6 Å². The number of nitrogens with zero attached hydrogens (tertiary/aromatic N) is 1. The summed E-state index contributed by atoms with van der Waals surface area (Å²) in [4.78, 5) is 13.4. The molecule has 10 aromatic rings. The maximum absolute atomic E-state index is 13.4. The molecule has 2 heteroatoms. The molecular weight excluding hydrogens is 631 g/mol. The zero-order chi connectivity index (χ0) is 34.3. The second kappa shape index (κ2) is 11.1. The Morgan fingerprint density at radius 3 is 1.71 bits per heavy atom. The summed E-state index contributed by atoms with van der Waals surface area (Å²) in [6.07, 6.45) is 0.758. The molecule has 0 aliphatic heterocycles. The number of hydrogen-bond donors (Lipinski definition) is 0. The highest BCUT2D eigenvalue weighted by molar-refractivity contribution is 6.23. The van der Waals surface area contributed by atoms with Gasteiger partial charge in [0.25, 0.3) is 0 Å². The molecule has 0 fully saturated rings. The van der Waals surface area contributed by atoms with Crippen LogP contribution in [0.4, 0.5) is 0 Å². The molecule has 0 saturated carbocycles. The van der Waals surface area contributed by atoms with Gasteiger partial charge < -0.3 is 4.40 Å². The molecule has 2 aromatic heterocycles. The minimum atomic E-state index is 0.115. The van der Waals surface area contributed by atoms with E-state index >= 15 is 0 Å². The maximum Gasteiger partial charge on any atom is 0.193 e. The van der Waals surface area contributed by atoms with Crippen LogP contribution in [0.2, 0.25) is 0 Å². The highest BCUT2D eigenvalue weighted by atomic mass is 16.1. The third-order valence-electron chi connectivity index (χ3n) is 11.1. The average molecular weight is 662 g/mol. The zero-order valence-electron chi connectivity index (χ0n) is 28.3. The van der Waals surface area contributed by atoms with Gasteiger partial charge in [0.05, 0.1) is 16.6 Å². The number of ketones is 1. The van der Waals surface area contributed by atoms with Crippen molar-refractivity contribution in [3.8, 4) is 44.5 Å². The molecule has 11 rings (SSSR count). The van der Waals surface area contributed by atoms with E-state index in [0.29, 0.717) is 0 Å². The van der Waals surface area contributed by atoms with E-state index in [4.69, 9.17) is 0 Å². The third-order valence-corrected chi connectivity index (χ3v) is 11.1. The van der Waals surface area contributed by atoms with Crippen molar-refractivity contribution in [2.24, 2.45) is 0 Å². The van der Waals surface area contributed by atoms with E-state index < -0.39 is 0 Å². The Kier molecular flexibility index (Phi) is 6.20. The van der Waals surface area contributed by atoms with Gasteiger partial charge in [0.2, 0.25) is 0 Å². The van der Waals surface area contributed by atoms with Crippen LogP contribution in [0.3, 0.4) is 0 Å². The molecule has 0 bridgehead atoms. The molecule has 2 nitrogen and oxygen atoms in total.